The maximum atomic E-state index is 13.4. The molecule has 2 N–H and O–H groups in total. The molecular formula is C31H31FN2O. The van der Waals surface area contributed by atoms with Gasteiger partial charge in [0.15, 0.2) is 5.78 Å². The monoisotopic (exact) mass is 466 g/mol. The van der Waals surface area contributed by atoms with Crippen LogP contribution in [0.15, 0.2) is 72.3 Å². The van der Waals surface area contributed by atoms with Crippen LogP contribution in [0.1, 0.15) is 61.3 Å². The number of anilines is 2. The summed E-state index contributed by atoms with van der Waals surface area (Å²) < 4.78 is 13.4. The molecule has 2 atom stereocenters. The van der Waals surface area contributed by atoms with Crippen molar-refractivity contribution in [3.05, 3.63) is 100 Å². The number of halogens is 1. The third-order valence-corrected chi connectivity index (χ3v) is 7.94. The molecule has 0 bridgehead atoms. The van der Waals surface area contributed by atoms with Gasteiger partial charge in [0, 0.05) is 35.0 Å². The van der Waals surface area contributed by atoms with Crippen molar-refractivity contribution < 1.29 is 9.18 Å². The third-order valence-electron chi connectivity index (χ3n) is 7.94. The Labute approximate surface area is 206 Å². The van der Waals surface area contributed by atoms with E-state index in [-0.39, 0.29) is 17.0 Å². The lowest BCUT2D eigenvalue weighted by molar-refractivity contribution is -0.118. The number of carbonyl (C=O) groups excluding carboxylic acids is 1. The smallest absolute Gasteiger partial charge is 0.159 e. The Kier molecular flexibility index (Phi) is 6.38. The molecule has 0 amide bonds. The van der Waals surface area contributed by atoms with E-state index in [9.17, 15) is 9.18 Å². The van der Waals surface area contributed by atoms with Crippen molar-refractivity contribution in [3.63, 3.8) is 0 Å². The summed E-state index contributed by atoms with van der Waals surface area (Å²) in [6.07, 6.45) is 8.77. The van der Waals surface area contributed by atoms with Gasteiger partial charge in [-0.2, -0.15) is 0 Å². The summed E-state index contributed by atoms with van der Waals surface area (Å²) in [5.41, 5.74) is 6.90. The zero-order valence-corrected chi connectivity index (χ0v) is 20.1. The van der Waals surface area contributed by atoms with E-state index in [1.54, 1.807) is 12.1 Å². The fraction of sp³-hybridized carbons (Fsp3) is 0.290. The average molecular weight is 467 g/mol. The van der Waals surface area contributed by atoms with Crippen LogP contribution in [-0.4, -0.2) is 12.0 Å². The molecule has 3 aromatic rings. The molecule has 1 saturated carbocycles. The molecule has 0 saturated heterocycles. The quantitative estimate of drug-likeness (QED) is 0.300. The van der Waals surface area contributed by atoms with E-state index in [1.807, 2.05) is 30.3 Å². The summed E-state index contributed by atoms with van der Waals surface area (Å²) in [6, 6.07) is 20.7. The summed E-state index contributed by atoms with van der Waals surface area (Å²) in [5.74, 6) is 0.309. The molecule has 2 unspecified atom stereocenters. The number of allylic oxidation sites excluding steroid dienone is 1. The second-order valence-electron chi connectivity index (χ2n) is 9.86. The maximum Gasteiger partial charge on any atom is 0.159 e. The van der Waals surface area contributed by atoms with Gasteiger partial charge in [-0.1, -0.05) is 37.3 Å². The second kappa shape index (κ2) is 9.61. The maximum absolute atomic E-state index is 13.4. The summed E-state index contributed by atoms with van der Waals surface area (Å²) in [6.45, 7) is 2.24. The van der Waals surface area contributed by atoms with Crippen LogP contribution in [0.25, 0.3) is 6.08 Å². The largest absolute Gasteiger partial charge is 0.355 e. The minimum absolute atomic E-state index is 0.119. The van der Waals surface area contributed by atoms with Gasteiger partial charge in [-0.25, -0.2) is 4.39 Å². The van der Waals surface area contributed by atoms with Crippen molar-refractivity contribution >= 4 is 29.4 Å². The Balaban J connectivity index is 1.58. The van der Waals surface area contributed by atoms with Gasteiger partial charge < -0.3 is 10.7 Å². The Morgan fingerprint density at radius 3 is 2.60 bits per heavy atom. The van der Waals surface area contributed by atoms with Crippen molar-refractivity contribution in [2.45, 2.75) is 50.9 Å². The molecule has 0 spiro atoms. The first-order chi connectivity index (χ1) is 17.0. The number of aryl methyl sites for hydroxylation is 1. The number of fused-ring (bicyclic) bond motifs is 3. The van der Waals surface area contributed by atoms with Crippen LogP contribution in [0, 0.1) is 17.1 Å². The highest BCUT2D eigenvalue weighted by atomic mass is 19.1. The molecule has 0 aromatic heterocycles. The van der Waals surface area contributed by atoms with Gasteiger partial charge in [0.05, 0.1) is 0 Å². The number of carbonyl (C=O) groups is 1. The predicted molar refractivity (Wildman–Crippen MR) is 141 cm³/mol. The van der Waals surface area contributed by atoms with Crippen LogP contribution in [0.5, 0.6) is 0 Å². The Morgan fingerprint density at radius 1 is 1.11 bits per heavy atom. The molecule has 3 aromatic carbocycles. The van der Waals surface area contributed by atoms with Crippen molar-refractivity contribution in [3.8, 4) is 0 Å². The van der Waals surface area contributed by atoms with Crippen molar-refractivity contribution in [2.24, 2.45) is 5.92 Å². The highest BCUT2D eigenvalue weighted by Gasteiger charge is 2.47. The number of hydrogen-bond donors (Lipinski definition) is 2. The summed E-state index contributed by atoms with van der Waals surface area (Å²) in [5, 5.41) is 11.5. The van der Waals surface area contributed by atoms with Crippen molar-refractivity contribution in [1.82, 2.24) is 0 Å². The first-order valence-electron chi connectivity index (χ1n) is 12.5. The van der Waals surface area contributed by atoms with Gasteiger partial charge in [-0.15, -0.1) is 0 Å². The van der Waals surface area contributed by atoms with E-state index in [2.05, 4.69) is 30.4 Å². The lowest BCUT2D eigenvalue weighted by atomic mass is 9.58. The van der Waals surface area contributed by atoms with Gasteiger partial charge >= 0.3 is 0 Å². The molecular weight excluding hydrogens is 435 g/mol. The molecule has 5 rings (SSSR count). The van der Waals surface area contributed by atoms with Crippen LogP contribution >= 0.6 is 0 Å². The van der Waals surface area contributed by atoms with E-state index >= 15 is 0 Å². The van der Waals surface area contributed by atoms with Crippen LogP contribution in [0.2, 0.25) is 0 Å². The standard InChI is InChI=1S/C31H31FN2O/c1-2-31-19-23(15-21-7-4-3-5-8-21)30(35)18-25(31)10-6-9-22-17-29(24(20-33)16-28(22)31)34-27-13-11-26(32)12-14-27/h3-5,7-8,11-17,20,25,33-34H,2,6,9-10,18-19H2,1H3/b23-15+,33-20?. The molecule has 178 valence electrons. The van der Waals surface area contributed by atoms with Gasteiger partial charge in [0.1, 0.15) is 5.82 Å². The first kappa shape index (κ1) is 23.2. The summed E-state index contributed by atoms with van der Waals surface area (Å²) in [7, 11) is 0. The van der Waals surface area contributed by atoms with Crippen LogP contribution in [0.4, 0.5) is 15.8 Å². The van der Waals surface area contributed by atoms with E-state index in [1.165, 1.54) is 29.5 Å². The molecule has 0 radical (unpaired) electrons. The van der Waals surface area contributed by atoms with E-state index in [0.29, 0.717) is 12.3 Å². The molecule has 2 aliphatic carbocycles. The molecule has 0 aliphatic heterocycles. The van der Waals surface area contributed by atoms with Crippen molar-refractivity contribution in [2.75, 3.05) is 5.32 Å². The number of ketones is 1. The number of hydrogen-bond acceptors (Lipinski definition) is 3. The molecule has 2 aliphatic rings. The molecule has 1 fully saturated rings. The SMILES string of the molecule is CCC12C/C(=C\c3ccccc3)C(=O)CC1CCCc1cc(Nc3ccc(F)cc3)c(C=N)cc12. The summed E-state index contributed by atoms with van der Waals surface area (Å²) >= 11 is 0. The summed E-state index contributed by atoms with van der Waals surface area (Å²) in [4.78, 5) is 13.2. The number of Topliss-reactive ketones (excluding diaryl/α,β-unsaturated/α-hetero) is 1. The Bertz CT molecular complexity index is 1280. The highest BCUT2D eigenvalue weighted by Crippen LogP contribution is 2.52. The topological polar surface area (TPSA) is 53.0 Å². The molecule has 35 heavy (non-hydrogen) atoms. The number of benzene rings is 3. The fourth-order valence-corrected chi connectivity index (χ4v) is 6.10. The van der Waals surface area contributed by atoms with Gasteiger partial charge in [-0.3, -0.25) is 4.79 Å². The lowest BCUT2D eigenvalue weighted by Gasteiger charge is -2.45. The Hall–Kier alpha value is -3.53. The fourth-order valence-electron chi connectivity index (χ4n) is 6.10. The predicted octanol–water partition coefficient (Wildman–Crippen LogP) is 7.61. The van der Waals surface area contributed by atoms with Gasteiger partial charge in [0.25, 0.3) is 0 Å². The first-order valence-corrected chi connectivity index (χ1v) is 12.5. The van der Waals surface area contributed by atoms with E-state index in [4.69, 9.17) is 5.41 Å². The lowest BCUT2D eigenvalue weighted by Crippen LogP contribution is -2.41. The van der Waals surface area contributed by atoms with Crippen LogP contribution in [-0.2, 0) is 16.6 Å². The third kappa shape index (κ3) is 4.45. The van der Waals surface area contributed by atoms with Crippen LogP contribution < -0.4 is 5.32 Å². The molecule has 3 nitrogen and oxygen atoms in total. The van der Waals surface area contributed by atoms with Gasteiger partial charge in [-0.05, 0) is 103 Å². The normalized spacial score (nSPS) is 22.7. The van der Waals surface area contributed by atoms with Crippen LogP contribution in [0.3, 0.4) is 0 Å². The minimum Gasteiger partial charge on any atom is -0.355 e. The molecule has 4 heteroatoms. The minimum atomic E-state index is -0.271. The van der Waals surface area contributed by atoms with Gasteiger partial charge in [0.2, 0.25) is 0 Å². The average Bonchev–Trinajstić information content (AvgIpc) is 3.02. The zero-order chi connectivity index (χ0) is 24.4. The van der Waals surface area contributed by atoms with E-state index < -0.39 is 0 Å². The van der Waals surface area contributed by atoms with Crippen molar-refractivity contribution in [1.29, 1.82) is 5.41 Å². The number of nitrogens with one attached hydrogen (secondary N) is 2. The zero-order valence-electron chi connectivity index (χ0n) is 20.1. The highest BCUT2D eigenvalue weighted by molar-refractivity contribution is 6.01. The molecule has 0 heterocycles. The van der Waals surface area contributed by atoms with E-state index in [0.717, 1.165) is 60.2 Å². The second-order valence-corrected chi connectivity index (χ2v) is 9.86. The Morgan fingerprint density at radius 2 is 1.89 bits per heavy atom. The number of rotatable bonds is 5.